The molecule has 0 saturated heterocycles. The first kappa shape index (κ1) is 45.7. The highest BCUT2D eigenvalue weighted by atomic mass is 32.2. The topological polar surface area (TPSA) is 147 Å². The van der Waals surface area contributed by atoms with Gasteiger partial charge in [0.15, 0.2) is 12.3 Å². The lowest BCUT2D eigenvalue weighted by Gasteiger charge is -2.27. The zero-order valence-electron chi connectivity index (χ0n) is 36.9. The van der Waals surface area contributed by atoms with E-state index in [1.54, 1.807) is 30.0 Å². The van der Waals surface area contributed by atoms with E-state index in [0.717, 1.165) is 85.2 Å². The lowest BCUT2D eigenvalue weighted by Crippen LogP contribution is -2.27. The van der Waals surface area contributed by atoms with Crippen molar-refractivity contribution in [3.8, 4) is 0 Å². The summed E-state index contributed by atoms with van der Waals surface area (Å²) in [5, 5.41) is 2.85. The fourth-order valence-corrected chi connectivity index (χ4v) is 11.2. The Morgan fingerprint density at radius 3 is 2.08 bits per heavy atom. The van der Waals surface area contributed by atoms with E-state index in [2.05, 4.69) is 91.1 Å². The van der Waals surface area contributed by atoms with Gasteiger partial charge in [-0.15, -0.1) is 0 Å². The minimum absolute atomic E-state index is 0.150. The number of benzene rings is 5. The van der Waals surface area contributed by atoms with E-state index in [1.165, 1.54) is 25.1 Å². The Balaban J connectivity index is 1.26. The van der Waals surface area contributed by atoms with Gasteiger partial charge in [0.25, 0.3) is 10.1 Å². The van der Waals surface area contributed by atoms with Crippen LogP contribution in [0.4, 0.5) is 17.1 Å². The zero-order chi connectivity index (χ0) is 46.3. The summed E-state index contributed by atoms with van der Waals surface area (Å²) in [6, 6.07) is 37.4. The van der Waals surface area contributed by atoms with Gasteiger partial charge in [-0.1, -0.05) is 98.4 Å². The molecule has 334 valence electrons. The SMILES string of the molecule is CC(=O)Nc1ccc(SC2=C(/C=C/C3=[N+](Cc4ccccc4)c4ccc(S(=O)(=O)[O-])cc4C3(C)C)CCC/C2=C\C=C2\N(Cc3ccccc3)c3ccc(S(=O)(=O)O)cc3C2(C)C)cc1. The third kappa shape index (κ3) is 9.61. The molecule has 13 heteroatoms. The number of nitrogens with zero attached hydrogens (tertiary/aromatic N) is 2. The maximum absolute atomic E-state index is 12.3. The third-order valence-electron chi connectivity index (χ3n) is 12.4. The molecule has 1 amide bonds. The van der Waals surface area contributed by atoms with E-state index in [0.29, 0.717) is 18.8 Å². The number of fused-ring (bicyclic) bond motifs is 2. The third-order valence-corrected chi connectivity index (χ3v) is 15.4. The van der Waals surface area contributed by atoms with E-state index in [4.69, 9.17) is 0 Å². The van der Waals surface area contributed by atoms with E-state index in [-0.39, 0.29) is 15.7 Å². The molecule has 8 rings (SSSR count). The fourth-order valence-electron chi connectivity index (χ4n) is 9.14. The van der Waals surface area contributed by atoms with Crippen LogP contribution >= 0.6 is 11.8 Å². The summed E-state index contributed by atoms with van der Waals surface area (Å²) in [6.45, 7) is 10.8. The van der Waals surface area contributed by atoms with Crippen molar-refractivity contribution in [2.24, 2.45) is 0 Å². The van der Waals surface area contributed by atoms with Crippen molar-refractivity contribution in [2.45, 2.75) is 92.5 Å². The molecule has 5 aromatic rings. The van der Waals surface area contributed by atoms with Crippen molar-refractivity contribution in [3.63, 3.8) is 0 Å². The van der Waals surface area contributed by atoms with Crippen molar-refractivity contribution in [1.82, 2.24) is 0 Å². The summed E-state index contributed by atoms with van der Waals surface area (Å²) in [4.78, 5) is 15.7. The van der Waals surface area contributed by atoms with E-state index < -0.39 is 31.1 Å². The van der Waals surface area contributed by atoms with Crippen LogP contribution in [0.25, 0.3) is 0 Å². The summed E-state index contributed by atoms with van der Waals surface area (Å²) in [6.07, 6.45) is 11.1. The molecule has 0 fully saturated rings. The second-order valence-electron chi connectivity index (χ2n) is 17.7. The van der Waals surface area contributed by atoms with Gasteiger partial charge >= 0.3 is 0 Å². The molecule has 1 aliphatic carbocycles. The van der Waals surface area contributed by atoms with Gasteiger partial charge in [0.1, 0.15) is 10.1 Å². The normalized spacial score (nSPS) is 18.2. The molecule has 10 nitrogen and oxygen atoms in total. The standard InChI is InChI=1S/C52H51N3O7S3/c1-35(56)53-40-21-23-41(24-22-40)63-50-38(19-29-48-51(2,3)44-31-42(64(57,58)59)25-27-46(44)54(48)33-36-13-8-6-9-14-36)17-12-18-39(50)20-30-49-52(4,5)45-32-43(65(60,61)62)26-28-47(45)55(49)34-37-15-10-7-11-16-37/h6-11,13-16,19-32H,12,17-18,33-34H2,1-5H3,(H2-,53,56,57,58,59,60,61,62). The second-order valence-corrected chi connectivity index (χ2v) is 21.5. The summed E-state index contributed by atoms with van der Waals surface area (Å²) in [5.74, 6) is -0.153. The molecule has 0 radical (unpaired) electrons. The molecule has 2 aliphatic heterocycles. The van der Waals surface area contributed by atoms with Crippen molar-refractivity contribution < 1.29 is 35.3 Å². The minimum atomic E-state index is -4.69. The highest BCUT2D eigenvalue weighted by Crippen LogP contribution is 2.50. The maximum Gasteiger partial charge on any atom is 0.294 e. The summed E-state index contributed by atoms with van der Waals surface area (Å²) in [5.41, 5.74) is 8.98. The molecule has 0 spiro atoms. The molecule has 0 aromatic heterocycles. The molecular formula is C52H51N3O7S3. The number of allylic oxidation sites excluding steroid dienone is 7. The molecule has 2 heterocycles. The molecular weight excluding hydrogens is 875 g/mol. The van der Waals surface area contributed by atoms with E-state index >= 15 is 0 Å². The highest BCUT2D eigenvalue weighted by molar-refractivity contribution is 8.03. The van der Waals surface area contributed by atoms with Crippen LogP contribution in [0, 0.1) is 0 Å². The Hall–Kier alpha value is -5.83. The first-order valence-electron chi connectivity index (χ1n) is 21.4. The molecule has 5 aromatic carbocycles. The van der Waals surface area contributed by atoms with Gasteiger partial charge in [0.05, 0.1) is 15.2 Å². The molecule has 0 unspecified atom stereocenters. The molecule has 2 N–H and O–H groups in total. The number of hydrogen-bond donors (Lipinski definition) is 2. The van der Waals surface area contributed by atoms with Crippen LogP contribution in [-0.4, -0.2) is 42.1 Å². The van der Waals surface area contributed by atoms with Gasteiger partial charge in [-0.05, 0) is 116 Å². The van der Waals surface area contributed by atoms with Gasteiger partial charge in [-0.2, -0.15) is 13.0 Å². The van der Waals surface area contributed by atoms with Crippen molar-refractivity contribution in [2.75, 3.05) is 10.2 Å². The average molecular weight is 926 g/mol. The number of carbonyl (C=O) groups excluding carboxylic acids is 1. The number of rotatable bonds is 12. The quantitative estimate of drug-likeness (QED) is 0.0922. The van der Waals surface area contributed by atoms with Gasteiger partial charge in [0.2, 0.25) is 11.6 Å². The lowest BCUT2D eigenvalue weighted by atomic mass is 9.81. The largest absolute Gasteiger partial charge is 0.744 e. The Bertz CT molecular complexity index is 3080. The van der Waals surface area contributed by atoms with Gasteiger partial charge in [-0.3, -0.25) is 9.35 Å². The summed E-state index contributed by atoms with van der Waals surface area (Å²) >= 11 is 1.65. The number of thioether (sulfide) groups is 1. The Morgan fingerprint density at radius 1 is 0.785 bits per heavy atom. The molecule has 65 heavy (non-hydrogen) atoms. The zero-order valence-corrected chi connectivity index (χ0v) is 39.4. The number of hydrogen-bond acceptors (Lipinski definition) is 8. The van der Waals surface area contributed by atoms with Crippen molar-refractivity contribution in [3.05, 3.63) is 190 Å². The summed E-state index contributed by atoms with van der Waals surface area (Å²) < 4.78 is 73.6. The second kappa shape index (κ2) is 17.9. The Kier molecular flexibility index (Phi) is 12.6. The van der Waals surface area contributed by atoms with E-state index in [9.17, 15) is 30.7 Å². The number of amides is 1. The lowest BCUT2D eigenvalue weighted by molar-refractivity contribution is -0.455. The van der Waals surface area contributed by atoms with Crippen molar-refractivity contribution >= 4 is 60.7 Å². The highest BCUT2D eigenvalue weighted by Gasteiger charge is 2.45. The minimum Gasteiger partial charge on any atom is -0.744 e. The van der Waals surface area contributed by atoms with Gasteiger partial charge in [0, 0.05) is 69.0 Å². The van der Waals surface area contributed by atoms with Crippen LogP contribution in [0.3, 0.4) is 0 Å². The first-order valence-corrected chi connectivity index (χ1v) is 25.1. The fraction of sp³-hybridized carbons (Fsp3) is 0.231. The number of nitrogens with one attached hydrogen (secondary N) is 1. The average Bonchev–Trinajstić information content (AvgIpc) is 3.60. The van der Waals surface area contributed by atoms with Crippen LogP contribution in [0.5, 0.6) is 0 Å². The maximum atomic E-state index is 12.3. The van der Waals surface area contributed by atoms with Crippen molar-refractivity contribution in [1.29, 1.82) is 0 Å². The molecule has 0 atom stereocenters. The Morgan fingerprint density at radius 2 is 1.43 bits per heavy atom. The van der Waals surface area contributed by atoms with Crippen LogP contribution in [0.2, 0.25) is 0 Å². The number of carbonyl (C=O) groups is 1. The number of anilines is 2. The Labute approximate surface area is 386 Å². The van der Waals surface area contributed by atoms with Gasteiger partial charge in [-0.25, -0.2) is 8.42 Å². The van der Waals surface area contributed by atoms with Crippen LogP contribution in [-0.2, 0) is 49.0 Å². The molecule has 0 saturated carbocycles. The van der Waals surface area contributed by atoms with Crippen LogP contribution in [0.15, 0.2) is 182 Å². The van der Waals surface area contributed by atoms with E-state index in [1.807, 2.05) is 60.7 Å². The molecule has 0 bridgehead atoms. The molecule has 3 aliphatic rings. The predicted molar refractivity (Wildman–Crippen MR) is 257 cm³/mol. The smallest absolute Gasteiger partial charge is 0.294 e. The first-order chi connectivity index (χ1) is 30.8. The van der Waals surface area contributed by atoms with Crippen LogP contribution in [0.1, 0.15) is 76.1 Å². The van der Waals surface area contributed by atoms with Gasteiger partial charge < -0.3 is 14.8 Å². The monoisotopic (exact) mass is 925 g/mol. The summed E-state index contributed by atoms with van der Waals surface area (Å²) in [7, 11) is -9.13. The predicted octanol–water partition coefficient (Wildman–Crippen LogP) is 11.0. The van der Waals surface area contributed by atoms with Crippen LogP contribution < -0.4 is 10.2 Å².